The summed E-state index contributed by atoms with van der Waals surface area (Å²) in [6.07, 6.45) is 1.21. The van der Waals surface area contributed by atoms with E-state index in [-0.39, 0.29) is 35.7 Å². The molecule has 0 aromatic heterocycles. The molecule has 1 aromatic carbocycles. The minimum Gasteiger partial charge on any atom is -0.504 e. The molecular formula is C18H20O8. The molecule has 0 saturated heterocycles. The second-order valence-corrected chi connectivity index (χ2v) is 5.71. The van der Waals surface area contributed by atoms with Gasteiger partial charge < -0.3 is 29.9 Å². The molecule has 0 fully saturated rings. The highest BCUT2D eigenvalue weighted by molar-refractivity contribution is 5.89. The molecule has 1 heterocycles. The second kappa shape index (κ2) is 8.39. The van der Waals surface area contributed by atoms with Crippen LogP contribution in [0.3, 0.4) is 0 Å². The molecule has 0 saturated carbocycles. The molecule has 0 spiro atoms. The number of rotatable bonds is 6. The zero-order valence-electron chi connectivity index (χ0n) is 14.1. The highest BCUT2D eigenvalue weighted by Crippen LogP contribution is 2.32. The molecule has 0 aliphatic carbocycles. The minimum absolute atomic E-state index is 0.0200. The number of carboxylic acids is 1. The fraction of sp³-hybridized carbons (Fsp3) is 0.333. The van der Waals surface area contributed by atoms with E-state index in [0.29, 0.717) is 12.0 Å². The van der Waals surface area contributed by atoms with Gasteiger partial charge in [-0.1, -0.05) is 12.1 Å². The number of ether oxygens (including phenoxy) is 2. The van der Waals surface area contributed by atoms with Crippen molar-refractivity contribution in [2.45, 2.75) is 26.1 Å². The van der Waals surface area contributed by atoms with E-state index in [0.717, 1.165) is 6.26 Å². The summed E-state index contributed by atoms with van der Waals surface area (Å²) in [5.74, 6) is -3.21. The third-order valence-corrected chi connectivity index (χ3v) is 4.03. The molecule has 26 heavy (non-hydrogen) atoms. The second-order valence-electron chi connectivity index (χ2n) is 5.71. The van der Waals surface area contributed by atoms with Crippen LogP contribution in [0.2, 0.25) is 0 Å². The lowest BCUT2D eigenvalue weighted by Crippen LogP contribution is -2.30. The van der Waals surface area contributed by atoms with Crippen LogP contribution < -0.4 is 0 Å². The lowest BCUT2D eigenvalue weighted by molar-refractivity contribution is -0.144. The summed E-state index contributed by atoms with van der Waals surface area (Å²) in [5, 5.41) is 37.7. The number of hydrogen-bond donors (Lipinski definition) is 4. The first-order valence-electron chi connectivity index (χ1n) is 7.93. The molecule has 1 aliphatic rings. The first-order chi connectivity index (χ1) is 12.3. The molecule has 0 amide bonds. The number of carbonyl (C=O) groups excluding carboxylic acids is 1. The molecule has 140 valence electrons. The van der Waals surface area contributed by atoms with Gasteiger partial charge in [0, 0.05) is 17.9 Å². The number of carboxylic acid groups (broad SMARTS) is 1. The number of phenolic OH excluding ortho intramolecular Hbond substituents is 2. The molecule has 2 atom stereocenters. The predicted molar refractivity (Wildman–Crippen MR) is 89.1 cm³/mol. The minimum atomic E-state index is -1.30. The smallest absolute Gasteiger partial charge is 0.335 e. The first-order valence-corrected chi connectivity index (χ1v) is 7.93. The van der Waals surface area contributed by atoms with Gasteiger partial charge in [-0.25, -0.2) is 4.79 Å². The number of benzene rings is 1. The van der Waals surface area contributed by atoms with Gasteiger partial charge in [-0.05, 0) is 24.6 Å². The van der Waals surface area contributed by atoms with E-state index < -0.39 is 24.1 Å². The van der Waals surface area contributed by atoms with E-state index in [4.69, 9.17) is 9.47 Å². The Balaban J connectivity index is 1.96. The number of hydrogen-bond acceptors (Lipinski definition) is 7. The average molecular weight is 364 g/mol. The van der Waals surface area contributed by atoms with Crippen LogP contribution in [0.4, 0.5) is 0 Å². The van der Waals surface area contributed by atoms with Crippen LogP contribution in [-0.2, 0) is 25.5 Å². The average Bonchev–Trinajstić information content (AvgIpc) is 2.58. The molecule has 0 bridgehead atoms. The number of aromatic hydroxyl groups is 2. The molecule has 2 unspecified atom stereocenters. The Morgan fingerprint density at radius 1 is 1.27 bits per heavy atom. The largest absolute Gasteiger partial charge is 0.504 e. The van der Waals surface area contributed by atoms with Crippen molar-refractivity contribution < 1.29 is 39.5 Å². The molecule has 0 radical (unpaired) electrons. The fourth-order valence-corrected chi connectivity index (χ4v) is 2.65. The number of phenols is 2. The number of aliphatic hydroxyl groups is 1. The van der Waals surface area contributed by atoms with Crippen LogP contribution in [0, 0.1) is 5.92 Å². The Kier molecular flexibility index (Phi) is 6.24. The van der Waals surface area contributed by atoms with Crippen molar-refractivity contribution >= 4 is 11.9 Å². The van der Waals surface area contributed by atoms with Gasteiger partial charge in [0.1, 0.15) is 0 Å². The lowest BCUT2D eigenvalue weighted by atomic mass is 9.86. The summed E-state index contributed by atoms with van der Waals surface area (Å²) >= 11 is 0. The first kappa shape index (κ1) is 19.3. The number of carbonyl (C=O) groups is 2. The van der Waals surface area contributed by atoms with Gasteiger partial charge in [-0.3, -0.25) is 4.79 Å². The van der Waals surface area contributed by atoms with E-state index in [9.17, 15) is 30.0 Å². The van der Waals surface area contributed by atoms with Crippen molar-refractivity contribution in [2.75, 3.05) is 6.61 Å². The zero-order valence-corrected chi connectivity index (χ0v) is 14.1. The van der Waals surface area contributed by atoms with Gasteiger partial charge in [0.05, 0.1) is 24.9 Å². The number of allylic oxidation sites excluding steroid dienone is 1. The molecule has 2 rings (SSSR count). The Hall–Kier alpha value is -3.00. The SMILES string of the molecule is C/C=C1/C(O)OC=C(C(=O)O)C1CC(=O)OCCc1ccc(O)c(O)c1. The summed E-state index contributed by atoms with van der Waals surface area (Å²) in [7, 11) is 0. The van der Waals surface area contributed by atoms with Crippen LogP contribution in [0.5, 0.6) is 11.5 Å². The van der Waals surface area contributed by atoms with Crippen LogP contribution in [0.1, 0.15) is 18.9 Å². The summed E-state index contributed by atoms with van der Waals surface area (Å²) in [6.45, 7) is 1.63. The van der Waals surface area contributed by atoms with Gasteiger partial charge in [-0.15, -0.1) is 0 Å². The zero-order chi connectivity index (χ0) is 19.3. The molecule has 8 nitrogen and oxygen atoms in total. The fourth-order valence-electron chi connectivity index (χ4n) is 2.65. The lowest BCUT2D eigenvalue weighted by Gasteiger charge is -2.28. The van der Waals surface area contributed by atoms with Gasteiger partial charge >= 0.3 is 11.9 Å². The molecular weight excluding hydrogens is 344 g/mol. The van der Waals surface area contributed by atoms with E-state index in [1.165, 1.54) is 18.2 Å². The monoisotopic (exact) mass is 364 g/mol. The van der Waals surface area contributed by atoms with Crippen LogP contribution in [0.25, 0.3) is 0 Å². The van der Waals surface area contributed by atoms with Crippen LogP contribution >= 0.6 is 0 Å². The maximum atomic E-state index is 12.1. The van der Waals surface area contributed by atoms with Crippen molar-refractivity contribution in [1.29, 1.82) is 0 Å². The highest BCUT2D eigenvalue weighted by Gasteiger charge is 2.35. The Labute approximate surface area is 149 Å². The number of aliphatic carboxylic acids is 1. The Bertz CT molecular complexity index is 750. The van der Waals surface area contributed by atoms with E-state index in [1.807, 2.05) is 0 Å². The van der Waals surface area contributed by atoms with Gasteiger partial charge in [0.25, 0.3) is 0 Å². The molecule has 4 N–H and O–H groups in total. The van der Waals surface area contributed by atoms with E-state index >= 15 is 0 Å². The van der Waals surface area contributed by atoms with Crippen molar-refractivity contribution in [1.82, 2.24) is 0 Å². The normalized spacial score (nSPS) is 21.0. The maximum Gasteiger partial charge on any atom is 0.335 e. The molecule has 1 aliphatic heterocycles. The quantitative estimate of drug-likeness (QED) is 0.339. The van der Waals surface area contributed by atoms with Gasteiger partial charge in [0.2, 0.25) is 6.29 Å². The maximum absolute atomic E-state index is 12.1. The third kappa shape index (κ3) is 4.54. The van der Waals surface area contributed by atoms with E-state index in [2.05, 4.69) is 0 Å². The summed E-state index contributed by atoms with van der Waals surface area (Å²) in [5.41, 5.74) is 0.809. The Morgan fingerprint density at radius 2 is 2.00 bits per heavy atom. The van der Waals surface area contributed by atoms with Crippen molar-refractivity contribution in [3.8, 4) is 11.5 Å². The van der Waals surface area contributed by atoms with Gasteiger partial charge in [-0.2, -0.15) is 0 Å². The van der Waals surface area contributed by atoms with Crippen molar-refractivity contribution in [2.24, 2.45) is 5.92 Å². The van der Waals surface area contributed by atoms with E-state index in [1.54, 1.807) is 13.0 Å². The summed E-state index contributed by atoms with van der Waals surface area (Å²) in [4.78, 5) is 23.4. The van der Waals surface area contributed by atoms with Crippen LogP contribution in [0.15, 0.2) is 41.7 Å². The highest BCUT2D eigenvalue weighted by atomic mass is 16.6. The van der Waals surface area contributed by atoms with Gasteiger partial charge in [0.15, 0.2) is 11.5 Å². The predicted octanol–water partition coefficient (Wildman–Crippen LogP) is 1.45. The summed E-state index contributed by atoms with van der Waals surface area (Å²) in [6, 6.07) is 4.28. The summed E-state index contributed by atoms with van der Waals surface area (Å²) < 4.78 is 10.00. The molecule has 1 aromatic rings. The third-order valence-electron chi connectivity index (χ3n) is 4.03. The Morgan fingerprint density at radius 3 is 2.62 bits per heavy atom. The number of esters is 1. The standard InChI is InChI=1S/C18H20O8/c1-2-11-12(13(17(22)23)9-26-18(11)24)8-16(21)25-6-5-10-3-4-14(19)15(20)7-10/h2-4,7,9,12,18-20,24H,5-6,8H2,1H3,(H,22,23)/b11-2+. The number of aliphatic hydroxyl groups excluding tert-OH is 1. The topological polar surface area (TPSA) is 134 Å². The van der Waals surface area contributed by atoms with Crippen molar-refractivity contribution in [3.63, 3.8) is 0 Å². The molecule has 8 heteroatoms. The van der Waals surface area contributed by atoms with Crippen molar-refractivity contribution in [3.05, 3.63) is 47.2 Å². The van der Waals surface area contributed by atoms with Crippen LogP contribution in [-0.4, -0.2) is 45.3 Å².